The van der Waals surface area contributed by atoms with Crippen LogP contribution in [0.1, 0.15) is 0 Å². The molecule has 2 nitrogen and oxygen atoms in total. The van der Waals surface area contributed by atoms with Crippen LogP contribution in [0.2, 0.25) is 0 Å². The van der Waals surface area contributed by atoms with Crippen molar-refractivity contribution in [2.24, 2.45) is 0 Å². The van der Waals surface area contributed by atoms with Gasteiger partial charge in [-0.3, -0.25) is 0 Å². The van der Waals surface area contributed by atoms with Crippen LogP contribution < -0.4 is 20.7 Å². The molecule has 4 heteroatoms. The van der Waals surface area contributed by atoms with Crippen LogP contribution in [-0.2, 0) is 0 Å². The van der Waals surface area contributed by atoms with Crippen LogP contribution in [0.3, 0.4) is 0 Å². The summed E-state index contributed by atoms with van der Waals surface area (Å²) >= 11 is 1.89. The van der Waals surface area contributed by atoms with Crippen LogP contribution in [0, 0.1) is 0 Å². The number of benzene rings is 9. The lowest BCUT2D eigenvalue weighted by molar-refractivity contribution is 1.09. The molecule has 12 rings (SSSR count). The zero-order valence-corrected chi connectivity index (χ0v) is 33.4. The number of hydrogen-bond donors (Lipinski definition) is 0. The quantitative estimate of drug-likeness (QED) is 0.121. The van der Waals surface area contributed by atoms with Crippen LogP contribution in [0.4, 0.5) is 0 Å². The molecule has 0 spiro atoms. The molecule has 3 heterocycles. The predicted molar refractivity (Wildman–Crippen MR) is 248 cm³/mol. The van der Waals surface area contributed by atoms with Crippen molar-refractivity contribution in [3.05, 3.63) is 218 Å². The number of rotatable bonds is 6. The number of nitrogens with zero attached hydrogens (tertiary/aromatic N) is 2. The number of fused-ring (bicyclic) bond motifs is 8. The standard InChI is InChI=1S/C54H36N2SSi/c1-4-16-39(17-5-1)58(40-18-6-2-7-19-40,41-20-8-3-9-21-41)42-34-35-50-47(36-42)45-23-11-12-26-48(45)55(50)38-32-30-37(31-33-38)43-24-14-28-51-54(43)57-52-29-15-25-46-44-22-10-13-27-49(44)56(51)53(46)52/h1-36H. The molecule has 0 radical (unpaired) electrons. The van der Waals surface area contributed by atoms with Gasteiger partial charge >= 0.3 is 0 Å². The first-order chi connectivity index (χ1) is 28.8. The number of hydrogen-bond acceptors (Lipinski definition) is 1. The summed E-state index contributed by atoms with van der Waals surface area (Å²) in [6.45, 7) is 0. The smallest absolute Gasteiger partial charge is 0.179 e. The summed E-state index contributed by atoms with van der Waals surface area (Å²) in [4.78, 5) is 2.60. The first kappa shape index (κ1) is 33.3. The molecule has 0 N–H and O–H groups in total. The lowest BCUT2D eigenvalue weighted by atomic mass is 10.0. The summed E-state index contributed by atoms with van der Waals surface area (Å²) < 4.78 is 4.92. The van der Waals surface area contributed by atoms with E-state index >= 15 is 0 Å². The van der Waals surface area contributed by atoms with E-state index < -0.39 is 8.07 Å². The van der Waals surface area contributed by atoms with Gasteiger partial charge in [-0.1, -0.05) is 188 Å². The molecule has 0 unspecified atom stereocenters. The second-order valence-electron chi connectivity index (χ2n) is 15.2. The Balaban J connectivity index is 1.02. The fourth-order valence-electron chi connectivity index (χ4n) is 9.80. The lowest BCUT2D eigenvalue weighted by Crippen LogP contribution is -2.74. The SMILES string of the molecule is c1ccc([Si](c2ccccc2)(c2ccccc2)c2ccc3c(c2)c2ccccc2n3-c2ccc(-c3cccc4c3Sc3cccc5c6ccccc6n-4c35)cc2)cc1. The molecule has 0 saturated carbocycles. The molecule has 58 heavy (non-hydrogen) atoms. The van der Waals surface area contributed by atoms with E-state index in [4.69, 9.17) is 0 Å². The zero-order valence-electron chi connectivity index (χ0n) is 31.6. The molecule has 9 aromatic carbocycles. The van der Waals surface area contributed by atoms with Crippen LogP contribution >= 0.6 is 11.8 Å². The third-order valence-corrected chi connectivity index (χ3v) is 18.2. The van der Waals surface area contributed by atoms with Gasteiger partial charge in [0.2, 0.25) is 0 Å². The maximum absolute atomic E-state index is 2.69. The summed E-state index contributed by atoms with van der Waals surface area (Å²) in [6.07, 6.45) is 0. The normalized spacial score (nSPS) is 12.4. The Labute approximate surface area is 342 Å². The highest BCUT2D eigenvalue weighted by Crippen LogP contribution is 2.49. The third kappa shape index (κ3) is 4.79. The highest BCUT2D eigenvalue weighted by atomic mass is 32.2. The Morgan fingerprint density at radius 3 is 1.55 bits per heavy atom. The minimum atomic E-state index is -2.69. The molecule has 0 atom stereocenters. The van der Waals surface area contributed by atoms with Crippen molar-refractivity contribution in [1.82, 2.24) is 9.13 Å². The predicted octanol–water partition coefficient (Wildman–Crippen LogP) is 11.4. The zero-order chi connectivity index (χ0) is 38.2. The van der Waals surface area contributed by atoms with Crippen molar-refractivity contribution in [2.45, 2.75) is 9.79 Å². The number of aromatic nitrogens is 2. The van der Waals surface area contributed by atoms with Crippen LogP contribution in [-0.4, -0.2) is 17.2 Å². The van der Waals surface area contributed by atoms with E-state index in [2.05, 4.69) is 228 Å². The third-order valence-electron chi connectivity index (χ3n) is 12.3. The maximum atomic E-state index is 2.51. The maximum Gasteiger partial charge on any atom is 0.179 e. The molecule has 0 saturated heterocycles. The molecule has 0 fully saturated rings. The Bertz CT molecular complexity index is 3250. The van der Waals surface area contributed by atoms with Gasteiger partial charge in [0, 0.05) is 37.0 Å². The van der Waals surface area contributed by atoms with E-state index in [1.165, 1.54) is 91.0 Å². The molecule has 11 aromatic rings. The second kappa shape index (κ2) is 13.1. The van der Waals surface area contributed by atoms with Crippen molar-refractivity contribution in [2.75, 3.05) is 0 Å². The van der Waals surface area contributed by atoms with Gasteiger partial charge in [0.25, 0.3) is 0 Å². The Morgan fingerprint density at radius 1 is 0.362 bits per heavy atom. The molecule has 0 bridgehead atoms. The highest BCUT2D eigenvalue weighted by Gasteiger charge is 2.41. The molecule has 0 amide bonds. The lowest BCUT2D eigenvalue weighted by Gasteiger charge is -2.34. The summed E-state index contributed by atoms with van der Waals surface area (Å²) in [5, 5.41) is 10.7. The van der Waals surface area contributed by atoms with Crippen molar-refractivity contribution >= 4 is 84.2 Å². The second-order valence-corrected chi connectivity index (χ2v) is 20.1. The average molecular weight is 773 g/mol. The van der Waals surface area contributed by atoms with Gasteiger partial charge in [-0.25, -0.2) is 0 Å². The molecular formula is C54H36N2SSi. The molecule has 1 aliphatic heterocycles. The van der Waals surface area contributed by atoms with E-state index in [0.717, 1.165) is 5.69 Å². The van der Waals surface area contributed by atoms with E-state index in [9.17, 15) is 0 Å². The molecule has 2 aromatic heterocycles. The van der Waals surface area contributed by atoms with Crippen molar-refractivity contribution < 1.29 is 0 Å². The first-order valence-corrected chi connectivity index (χ1v) is 22.8. The Hall–Kier alpha value is -6.85. The fraction of sp³-hybridized carbons (Fsp3) is 0. The average Bonchev–Trinajstić information content (AvgIpc) is 3.82. The fourth-order valence-corrected chi connectivity index (χ4v) is 15.8. The first-order valence-electron chi connectivity index (χ1n) is 19.9. The van der Waals surface area contributed by atoms with Gasteiger partial charge in [-0.2, -0.15) is 0 Å². The van der Waals surface area contributed by atoms with Gasteiger partial charge < -0.3 is 9.13 Å². The van der Waals surface area contributed by atoms with E-state index in [1.54, 1.807) is 0 Å². The molecule has 1 aliphatic rings. The van der Waals surface area contributed by atoms with Gasteiger partial charge in [0.05, 0.1) is 27.8 Å². The van der Waals surface area contributed by atoms with Crippen molar-refractivity contribution in [3.8, 4) is 22.5 Å². The summed E-state index contributed by atoms with van der Waals surface area (Å²) in [5.41, 5.74) is 9.85. The van der Waals surface area contributed by atoms with Gasteiger partial charge in [-0.15, -0.1) is 0 Å². The largest absolute Gasteiger partial charge is 0.309 e. The van der Waals surface area contributed by atoms with Gasteiger partial charge in [-0.05, 0) is 74.3 Å². The van der Waals surface area contributed by atoms with E-state index in [0.29, 0.717) is 0 Å². The van der Waals surface area contributed by atoms with Gasteiger partial charge in [0.1, 0.15) is 0 Å². The molecule has 0 aliphatic carbocycles. The molecule has 272 valence electrons. The van der Waals surface area contributed by atoms with E-state index in [-0.39, 0.29) is 0 Å². The monoisotopic (exact) mass is 772 g/mol. The number of para-hydroxylation sites is 3. The van der Waals surface area contributed by atoms with Gasteiger partial charge in [0.15, 0.2) is 8.07 Å². The Kier molecular flexibility index (Phi) is 7.52. The van der Waals surface area contributed by atoms with Crippen LogP contribution in [0.15, 0.2) is 228 Å². The van der Waals surface area contributed by atoms with Crippen LogP contribution in [0.5, 0.6) is 0 Å². The minimum absolute atomic E-state index is 1.15. The summed E-state index contributed by atoms with van der Waals surface area (Å²) in [6, 6.07) is 81.3. The summed E-state index contributed by atoms with van der Waals surface area (Å²) in [5.74, 6) is 0. The topological polar surface area (TPSA) is 9.86 Å². The van der Waals surface area contributed by atoms with Crippen molar-refractivity contribution in [3.63, 3.8) is 0 Å². The minimum Gasteiger partial charge on any atom is -0.309 e. The highest BCUT2D eigenvalue weighted by molar-refractivity contribution is 8.00. The Morgan fingerprint density at radius 2 is 0.897 bits per heavy atom. The molecular weight excluding hydrogens is 737 g/mol. The summed E-state index contributed by atoms with van der Waals surface area (Å²) in [7, 11) is -2.69. The van der Waals surface area contributed by atoms with E-state index in [1.807, 2.05) is 11.8 Å². The van der Waals surface area contributed by atoms with Crippen molar-refractivity contribution in [1.29, 1.82) is 0 Å². The van der Waals surface area contributed by atoms with Crippen LogP contribution in [0.25, 0.3) is 66.1 Å².